The number of piperazine rings is 1. The summed E-state index contributed by atoms with van der Waals surface area (Å²) in [6.45, 7) is 5.19. The topological polar surface area (TPSA) is 40.6 Å². The van der Waals surface area contributed by atoms with E-state index in [0.717, 1.165) is 73.7 Å². The van der Waals surface area contributed by atoms with Crippen LogP contribution in [0.1, 0.15) is 12.8 Å². The van der Waals surface area contributed by atoms with E-state index in [2.05, 4.69) is 15.1 Å². The van der Waals surface area contributed by atoms with Crippen molar-refractivity contribution in [2.45, 2.75) is 18.9 Å². The lowest BCUT2D eigenvalue weighted by molar-refractivity contribution is 0.113. The third-order valence-corrected chi connectivity index (χ3v) is 6.28. The van der Waals surface area contributed by atoms with Crippen molar-refractivity contribution in [3.63, 3.8) is 0 Å². The third kappa shape index (κ3) is 4.56. The summed E-state index contributed by atoms with van der Waals surface area (Å²) in [7, 11) is 0. The van der Waals surface area contributed by atoms with Crippen LogP contribution >= 0.6 is 23.6 Å². The Labute approximate surface area is 168 Å². The molecular formula is C19H23FN4OS2. The van der Waals surface area contributed by atoms with Crippen LogP contribution in [0.3, 0.4) is 0 Å². The highest BCUT2D eigenvalue weighted by molar-refractivity contribution is 7.80. The van der Waals surface area contributed by atoms with E-state index in [4.69, 9.17) is 21.9 Å². The minimum absolute atomic E-state index is 0.227. The summed E-state index contributed by atoms with van der Waals surface area (Å²) in [5.74, 6) is -0.227. The summed E-state index contributed by atoms with van der Waals surface area (Å²) in [4.78, 5) is 9.24. The Bertz CT molecular complexity index is 768. The first-order chi connectivity index (χ1) is 13.2. The van der Waals surface area contributed by atoms with Crippen LogP contribution in [-0.4, -0.2) is 60.4 Å². The van der Waals surface area contributed by atoms with E-state index < -0.39 is 0 Å². The van der Waals surface area contributed by atoms with Gasteiger partial charge in [0.25, 0.3) is 0 Å². The number of ether oxygens (including phenoxy) is 1. The number of hydrogen-bond donors (Lipinski definition) is 1. The molecule has 2 fully saturated rings. The maximum atomic E-state index is 13.1. The maximum Gasteiger partial charge on any atom is 0.185 e. The van der Waals surface area contributed by atoms with Gasteiger partial charge in [0.1, 0.15) is 5.82 Å². The van der Waals surface area contributed by atoms with Gasteiger partial charge in [0.05, 0.1) is 11.8 Å². The second-order valence-corrected chi connectivity index (χ2v) is 8.04. The molecule has 0 amide bonds. The van der Waals surface area contributed by atoms with Crippen molar-refractivity contribution in [2.24, 2.45) is 0 Å². The zero-order valence-corrected chi connectivity index (χ0v) is 16.7. The molecule has 5 nitrogen and oxygen atoms in total. The first-order valence-corrected chi connectivity index (χ1v) is 10.6. The average Bonchev–Trinajstić information content (AvgIpc) is 3.39. The van der Waals surface area contributed by atoms with Crippen molar-refractivity contribution in [3.8, 4) is 11.3 Å². The van der Waals surface area contributed by atoms with Crippen molar-refractivity contribution in [2.75, 3.05) is 44.2 Å². The molecule has 2 aromatic rings. The van der Waals surface area contributed by atoms with Crippen LogP contribution in [0.2, 0.25) is 0 Å². The molecule has 3 heterocycles. The number of halogens is 1. The van der Waals surface area contributed by atoms with E-state index >= 15 is 0 Å². The largest absolute Gasteiger partial charge is 0.376 e. The standard InChI is InChI=1S/C19H23FN4OS2/c20-15-5-3-14(4-6-15)17-13-27-19(22-17)24-9-7-23(8-10-24)18(26)21-12-16-2-1-11-25-16/h3-6,13,16H,1-2,7-12H2,(H,21,26)/t16-/m1/s1. The lowest BCUT2D eigenvalue weighted by Gasteiger charge is -2.36. The Morgan fingerprint density at radius 2 is 2.04 bits per heavy atom. The smallest absolute Gasteiger partial charge is 0.185 e. The highest BCUT2D eigenvalue weighted by atomic mass is 32.1. The fourth-order valence-electron chi connectivity index (χ4n) is 3.38. The van der Waals surface area contributed by atoms with Gasteiger partial charge >= 0.3 is 0 Å². The summed E-state index contributed by atoms with van der Waals surface area (Å²) in [6, 6.07) is 6.48. The summed E-state index contributed by atoms with van der Waals surface area (Å²) < 4.78 is 18.7. The van der Waals surface area contributed by atoms with E-state index in [9.17, 15) is 4.39 Å². The van der Waals surface area contributed by atoms with Crippen LogP contribution < -0.4 is 10.2 Å². The minimum Gasteiger partial charge on any atom is -0.376 e. The number of benzene rings is 1. The normalized spacial score (nSPS) is 20.1. The predicted octanol–water partition coefficient (Wildman–Crippen LogP) is 3.12. The molecule has 1 N–H and O–H groups in total. The molecule has 8 heteroatoms. The molecule has 0 spiro atoms. The summed E-state index contributed by atoms with van der Waals surface area (Å²) in [5.41, 5.74) is 1.84. The van der Waals surface area contributed by atoms with Crippen LogP contribution in [-0.2, 0) is 4.74 Å². The molecule has 2 saturated heterocycles. The molecule has 0 saturated carbocycles. The van der Waals surface area contributed by atoms with Crippen LogP contribution in [0.4, 0.5) is 9.52 Å². The van der Waals surface area contributed by atoms with E-state index in [1.165, 1.54) is 12.1 Å². The van der Waals surface area contributed by atoms with Gasteiger partial charge in [-0.3, -0.25) is 0 Å². The van der Waals surface area contributed by atoms with Crippen molar-refractivity contribution in [3.05, 3.63) is 35.5 Å². The van der Waals surface area contributed by atoms with Gasteiger partial charge in [0.15, 0.2) is 10.2 Å². The molecule has 2 aliphatic rings. The van der Waals surface area contributed by atoms with Gasteiger partial charge in [0, 0.05) is 50.3 Å². The number of nitrogens with one attached hydrogen (secondary N) is 1. The Kier molecular flexibility index (Phi) is 5.85. The van der Waals surface area contributed by atoms with E-state index in [0.29, 0.717) is 6.10 Å². The summed E-state index contributed by atoms with van der Waals surface area (Å²) in [5, 5.41) is 7.20. The Hall–Kier alpha value is -1.77. The van der Waals surface area contributed by atoms with Gasteiger partial charge in [-0.1, -0.05) is 0 Å². The first-order valence-electron chi connectivity index (χ1n) is 9.30. The molecule has 1 atom stereocenters. The monoisotopic (exact) mass is 406 g/mol. The van der Waals surface area contributed by atoms with Gasteiger partial charge in [-0.2, -0.15) is 0 Å². The fourth-order valence-corrected chi connectivity index (χ4v) is 4.54. The van der Waals surface area contributed by atoms with Gasteiger partial charge in [-0.25, -0.2) is 9.37 Å². The molecule has 0 unspecified atom stereocenters. The molecule has 0 radical (unpaired) electrons. The third-order valence-electron chi connectivity index (χ3n) is 4.97. The van der Waals surface area contributed by atoms with E-state index in [1.54, 1.807) is 23.5 Å². The lowest BCUT2D eigenvalue weighted by Crippen LogP contribution is -2.52. The van der Waals surface area contributed by atoms with Crippen molar-refractivity contribution >= 4 is 33.8 Å². The fraction of sp³-hybridized carbons (Fsp3) is 0.474. The van der Waals surface area contributed by atoms with Crippen molar-refractivity contribution < 1.29 is 9.13 Å². The number of nitrogens with zero attached hydrogens (tertiary/aromatic N) is 3. The second-order valence-electron chi connectivity index (χ2n) is 6.82. The van der Waals surface area contributed by atoms with E-state index in [1.807, 2.05) is 5.38 Å². The van der Waals surface area contributed by atoms with Gasteiger partial charge in [0.2, 0.25) is 0 Å². The number of hydrogen-bond acceptors (Lipinski definition) is 5. The number of rotatable bonds is 4. The zero-order valence-electron chi connectivity index (χ0n) is 15.1. The lowest BCUT2D eigenvalue weighted by atomic mass is 10.2. The maximum absolute atomic E-state index is 13.1. The Balaban J connectivity index is 1.29. The SMILES string of the molecule is Fc1ccc(-c2csc(N3CCN(C(=S)NC[C@H]4CCCO4)CC3)n2)cc1. The molecule has 0 aliphatic carbocycles. The summed E-state index contributed by atoms with van der Waals surface area (Å²) in [6.07, 6.45) is 2.56. The van der Waals surface area contributed by atoms with Crippen molar-refractivity contribution in [1.82, 2.24) is 15.2 Å². The molecule has 2 aliphatic heterocycles. The van der Waals surface area contributed by atoms with Gasteiger partial charge in [-0.05, 0) is 49.3 Å². The quantitative estimate of drug-likeness (QED) is 0.787. The van der Waals surface area contributed by atoms with Gasteiger partial charge < -0.3 is 19.9 Å². The van der Waals surface area contributed by atoms with Crippen LogP contribution in [0.5, 0.6) is 0 Å². The van der Waals surface area contributed by atoms with Crippen molar-refractivity contribution in [1.29, 1.82) is 0 Å². The molecule has 27 heavy (non-hydrogen) atoms. The second kappa shape index (κ2) is 8.50. The number of anilines is 1. The first kappa shape index (κ1) is 18.6. The van der Waals surface area contributed by atoms with Crippen LogP contribution in [0.15, 0.2) is 29.6 Å². The van der Waals surface area contributed by atoms with Gasteiger partial charge in [-0.15, -0.1) is 11.3 Å². The Morgan fingerprint density at radius 3 is 2.74 bits per heavy atom. The average molecular weight is 407 g/mol. The highest BCUT2D eigenvalue weighted by Crippen LogP contribution is 2.28. The molecule has 144 valence electrons. The number of aromatic nitrogens is 1. The molecule has 1 aromatic carbocycles. The highest BCUT2D eigenvalue weighted by Gasteiger charge is 2.22. The Morgan fingerprint density at radius 1 is 1.26 bits per heavy atom. The zero-order chi connectivity index (χ0) is 18.6. The number of thiocarbonyl (C=S) groups is 1. The predicted molar refractivity (Wildman–Crippen MR) is 111 cm³/mol. The molecule has 1 aromatic heterocycles. The molecular weight excluding hydrogens is 383 g/mol. The molecule has 4 rings (SSSR count). The molecule has 0 bridgehead atoms. The van der Waals surface area contributed by atoms with Crippen LogP contribution in [0, 0.1) is 5.82 Å². The summed E-state index contributed by atoms with van der Waals surface area (Å²) >= 11 is 7.17. The van der Waals surface area contributed by atoms with Crippen LogP contribution in [0.25, 0.3) is 11.3 Å². The minimum atomic E-state index is -0.227. The van der Waals surface area contributed by atoms with E-state index in [-0.39, 0.29) is 5.82 Å². The number of thiazole rings is 1.